The molecule has 1 unspecified atom stereocenters. The Balaban J connectivity index is 2.02. The maximum absolute atomic E-state index is 12.4. The summed E-state index contributed by atoms with van der Waals surface area (Å²) < 4.78 is 7.59. The monoisotopic (exact) mass is 274 g/mol. The molecule has 2 heterocycles. The van der Waals surface area contributed by atoms with E-state index in [0.29, 0.717) is 0 Å². The number of nitrogens with two attached hydrogens (primary N) is 1. The molecule has 2 aliphatic heterocycles. The molecule has 2 aliphatic rings. The first-order valence-corrected chi connectivity index (χ1v) is 6.02. The summed E-state index contributed by atoms with van der Waals surface area (Å²) >= 11 is 0. The Morgan fingerprint density at radius 1 is 1.30 bits per heavy atom. The van der Waals surface area contributed by atoms with Crippen molar-refractivity contribution >= 4 is 29.3 Å². The summed E-state index contributed by atoms with van der Waals surface area (Å²) in [5.41, 5.74) is 5.65. The van der Waals surface area contributed by atoms with Gasteiger partial charge in [-0.3, -0.25) is 29.4 Å². The number of nitrogens with one attached hydrogen (secondary N) is 1. The highest BCUT2D eigenvalue weighted by Gasteiger charge is 2.45. The topological polar surface area (TPSA) is 110 Å². The number of benzene rings is 1. The van der Waals surface area contributed by atoms with Crippen molar-refractivity contribution in [1.82, 2.24) is 10.2 Å². The Bertz CT molecular complexity index is 716. The second-order valence-electron chi connectivity index (χ2n) is 4.63. The van der Waals surface area contributed by atoms with Gasteiger partial charge in [-0.05, 0) is 18.5 Å². The van der Waals surface area contributed by atoms with Gasteiger partial charge in [-0.25, -0.2) is 0 Å². The SMILES string of the molecule is [2H]c1ccc2c(c1N)C(=O)N(C1CCC(=O)NC1=O)C2=O. The van der Waals surface area contributed by atoms with Crippen LogP contribution in [0.3, 0.4) is 0 Å². The zero-order valence-corrected chi connectivity index (χ0v) is 10.3. The fourth-order valence-corrected chi connectivity index (χ4v) is 2.48. The molecule has 0 aromatic heterocycles. The third-order valence-electron chi connectivity index (χ3n) is 3.43. The summed E-state index contributed by atoms with van der Waals surface area (Å²) in [4.78, 5) is 48.5. The normalized spacial score (nSPS) is 22.7. The first kappa shape index (κ1) is 11.2. The van der Waals surface area contributed by atoms with E-state index in [2.05, 4.69) is 5.32 Å². The molecule has 0 aliphatic carbocycles. The number of carbonyl (C=O) groups is 4. The summed E-state index contributed by atoms with van der Waals surface area (Å²) in [6, 6.07) is 1.59. The second-order valence-corrected chi connectivity index (χ2v) is 4.63. The van der Waals surface area contributed by atoms with Gasteiger partial charge in [-0.15, -0.1) is 0 Å². The third kappa shape index (κ3) is 1.59. The zero-order chi connectivity index (χ0) is 15.3. The highest BCUT2D eigenvalue weighted by atomic mass is 16.2. The van der Waals surface area contributed by atoms with Crippen molar-refractivity contribution in [3.63, 3.8) is 0 Å². The number of nitrogens with zero attached hydrogens (tertiary/aromatic N) is 1. The van der Waals surface area contributed by atoms with Crippen LogP contribution in [-0.4, -0.2) is 34.6 Å². The molecule has 4 amide bonds. The minimum absolute atomic E-state index is 0.0443. The van der Waals surface area contributed by atoms with Gasteiger partial charge in [0.25, 0.3) is 11.8 Å². The summed E-state index contributed by atoms with van der Waals surface area (Å²) in [5, 5.41) is 2.11. The number of fused-ring (bicyclic) bond motifs is 1. The van der Waals surface area contributed by atoms with Crippen molar-refractivity contribution in [2.75, 3.05) is 5.73 Å². The lowest BCUT2D eigenvalue weighted by Crippen LogP contribution is -2.54. The molecule has 0 bridgehead atoms. The van der Waals surface area contributed by atoms with Crippen LogP contribution in [0.1, 0.15) is 34.9 Å². The standard InChI is InChI=1S/C13H11N3O4/c14-7-3-1-2-6-10(7)13(20)16(12(6)19)8-4-5-9(17)15-11(8)18/h1-3,8H,4-5,14H2,(H,15,17,18)/i3D. The van der Waals surface area contributed by atoms with Gasteiger partial charge in [0.05, 0.1) is 12.5 Å². The molecule has 20 heavy (non-hydrogen) atoms. The van der Waals surface area contributed by atoms with Gasteiger partial charge in [0, 0.05) is 12.1 Å². The van der Waals surface area contributed by atoms with E-state index in [0.717, 1.165) is 4.90 Å². The van der Waals surface area contributed by atoms with Crippen molar-refractivity contribution in [3.05, 3.63) is 29.3 Å². The van der Waals surface area contributed by atoms with Gasteiger partial charge in [-0.1, -0.05) is 6.07 Å². The van der Waals surface area contributed by atoms with Crippen LogP contribution in [-0.2, 0) is 9.59 Å². The van der Waals surface area contributed by atoms with Crippen LogP contribution >= 0.6 is 0 Å². The Morgan fingerprint density at radius 3 is 2.75 bits per heavy atom. The number of rotatable bonds is 1. The van der Waals surface area contributed by atoms with Gasteiger partial charge in [-0.2, -0.15) is 0 Å². The van der Waals surface area contributed by atoms with E-state index >= 15 is 0 Å². The minimum atomic E-state index is -1.02. The molecular formula is C13H11N3O4. The molecule has 0 radical (unpaired) electrons. The quantitative estimate of drug-likeness (QED) is 0.538. The highest BCUT2D eigenvalue weighted by molar-refractivity contribution is 6.25. The minimum Gasteiger partial charge on any atom is -0.398 e. The van der Waals surface area contributed by atoms with Crippen LogP contribution in [0.5, 0.6) is 0 Å². The van der Waals surface area contributed by atoms with Crippen molar-refractivity contribution in [3.8, 4) is 0 Å². The average molecular weight is 274 g/mol. The van der Waals surface area contributed by atoms with E-state index in [9.17, 15) is 19.2 Å². The van der Waals surface area contributed by atoms with Crippen LogP contribution in [0.25, 0.3) is 0 Å². The number of hydrogen-bond donors (Lipinski definition) is 2. The fourth-order valence-electron chi connectivity index (χ4n) is 2.48. The summed E-state index contributed by atoms with van der Waals surface area (Å²) in [6.45, 7) is 0. The van der Waals surface area contributed by atoms with Crippen LogP contribution in [0.2, 0.25) is 0 Å². The first-order valence-electron chi connectivity index (χ1n) is 6.52. The van der Waals surface area contributed by atoms with Gasteiger partial charge in [0.15, 0.2) is 0 Å². The van der Waals surface area contributed by atoms with E-state index in [1.54, 1.807) is 0 Å². The Labute approximate surface area is 115 Å². The molecule has 1 aromatic rings. The van der Waals surface area contributed by atoms with E-state index in [1.165, 1.54) is 12.1 Å². The Kier molecular flexibility index (Phi) is 2.32. The summed E-state index contributed by atoms with van der Waals surface area (Å²) in [6.07, 6.45) is 0.146. The third-order valence-corrected chi connectivity index (χ3v) is 3.43. The van der Waals surface area contributed by atoms with Crippen LogP contribution < -0.4 is 11.1 Å². The molecular weight excluding hydrogens is 262 g/mol. The number of imide groups is 2. The zero-order valence-electron chi connectivity index (χ0n) is 11.3. The van der Waals surface area contributed by atoms with Crippen molar-refractivity contribution in [2.45, 2.75) is 18.9 Å². The van der Waals surface area contributed by atoms with E-state index in [-0.39, 0.29) is 35.7 Å². The van der Waals surface area contributed by atoms with E-state index in [1.807, 2.05) is 0 Å². The van der Waals surface area contributed by atoms with Crippen LogP contribution in [0.15, 0.2) is 18.2 Å². The number of piperidine rings is 1. The molecule has 0 saturated carbocycles. The van der Waals surface area contributed by atoms with Gasteiger partial charge in [0.1, 0.15) is 6.04 Å². The highest BCUT2D eigenvalue weighted by Crippen LogP contribution is 2.30. The van der Waals surface area contributed by atoms with Crippen LogP contribution in [0, 0.1) is 0 Å². The molecule has 1 aromatic carbocycles. The lowest BCUT2D eigenvalue weighted by molar-refractivity contribution is -0.136. The maximum Gasteiger partial charge on any atom is 0.264 e. The van der Waals surface area contributed by atoms with Crippen molar-refractivity contribution < 1.29 is 20.5 Å². The van der Waals surface area contributed by atoms with Gasteiger partial charge < -0.3 is 5.73 Å². The predicted octanol–water partition coefficient (Wildman–Crippen LogP) is -0.330. The molecule has 1 atom stereocenters. The lowest BCUT2D eigenvalue weighted by atomic mass is 10.0. The molecule has 3 rings (SSSR count). The van der Waals surface area contributed by atoms with E-state index < -0.39 is 29.7 Å². The summed E-state index contributed by atoms with van der Waals surface area (Å²) in [5.74, 6) is -2.43. The number of hydrogen-bond acceptors (Lipinski definition) is 5. The average Bonchev–Trinajstić information content (AvgIpc) is 2.67. The first-order chi connectivity index (χ1) is 9.91. The lowest BCUT2D eigenvalue weighted by Gasteiger charge is -2.27. The molecule has 1 saturated heterocycles. The Morgan fingerprint density at radius 2 is 2.05 bits per heavy atom. The second kappa shape index (κ2) is 4.16. The maximum atomic E-state index is 12.4. The molecule has 102 valence electrons. The largest absolute Gasteiger partial charge is 0.398 e. The molecule has 0 spiro atoms. The molecule has 3 N–H and O–H groups in total. The fraction of sp³-hybridized carbons (Fsp3) is 0.231. The number of carbonyl (C=O) groups excluding carboxylic acids is 4. The number of amides is 4. The predicted molar refractivity (Wildman–Crippen MR) is 67.5 cm³/mol. The van der Waals surface area contributed by atoms with Gasteiger partial charge >= 0.3 is 0 Å². The molecule has 1 fully saturated rings. The molecule has 7 heteroatoms. The van der Waals surface area contributed by atoms with Gasteiger partial charge in [0.2, 0.25) is 11.8 Å². The van der Waals surface area contributed by atoms with Crippen molar-refractivity contribution in [2.24, 2.45) is 0 Å². The smallest absolute Gasteiger partial charge is 0.264 e. The Hall–Kier alpha value is -2.70. The van der Waals surface area contributed by atoms with Crippen LogP contribution in [0.4, 0.5) is 5.69 Å². The number of anilines is 1. The summed E-state index contributed by atoms with van der Waals surface area (Å²) in [7, 11) is 0. The number of nitrogen functional groups attached to an aromatic ring is 1. The molecule has 7 nitrogen and oxygen atoms in total. The van der Waals surface area contributed by atoms with Crippen molar-refractivity contribution in [1.29, 1.82) is 0 Å². The van der Waals surface area contributed by atoms with E-state index in [4.69, 9.17) is 7.10 Å².